The first-order valence-corrected chi connectivity index (χ1v) is 8.05. The average molecular weight is 272 g/mol. The second kappa shape index (κ2) is 6.40. The molecule has 0 aliphatic carbocycles. The summed E-state index contributed by atoms with van der Waals surface area (Å²) in [6.07, 6.45) is 1.54. The lowest BCUT2D eigenvalue weighted by Gasteiger charge is -2.15. The monoisotopic (exact) mass is 272 g/mol. The zero-order valence-electron chi connectivity index (χ0n) is 10.9. The summed E-state index contributed by atoms with van der Waals surface area (Å²) in [5, 5.41) is 1.63. The van der Waals surface area contributed by atoms with Crippen molar-refractivity contribution in [3.63, 3.8) is 0 Å². The summed E-state index contributed by atoms with van der Waals surface area (Å²) in [7, 11) is -2.76. The van der Waals surface area contributed by atoms with Crippen molar-refractivity contribution in [2.75, 3.05) is 6.61 Å². The minimum Gasteiger partial charge on any atom is -0.501 e. The number of rotatable bonds is 5. The maximum atomic E-state index is 13.3. The molecule has 0 aliphatic heterocycles. The highest BCUT2D eigenvalue weighted by Gasteiger charge is 2.23. The summed E-state index contributed by atoms with van der Waals surface area (Å²) in [5.41, 5.74) is 0. The summed E-state index contributed by atoms with van der Waals surface area (Å²) in [6.45, 7) is 2.47. The summed E-state index contributed by atoms with van der Waals surface area (Å²) in [5.74, 6) is 1.68. The Balaban J connectivity index is 2.48. The SMILES string of the molecule is CCO/C=C/P(=O)(c1ccccc1)c1ccccc1. The molecule has 2 aromatic carbocycles. The van der Waals surface area contributed by atoms with Crippen molar-refractivity contribution >= 4 is 17.8 Å². The van der Waals surface area contributed by atoms with Gasteiger partial charge in [-0.15, -0.1) is 0 Å². The van der Waals surface area contributed by atoms with Crippen molar-refractivity contribution in [3.8, 4) is 0 Å². The second-order valence-electron chi connectivity index (χ2n) is 4.07. The number of hydrogen-bond donors (Lipinski definition) is 0. The lowest BCUT2D eigenvalue weighted by molar-refractivity contribution is 0.270. The van der Waals surface area contributed by atoms with Crippen LogP contribution in [0.15, 0.2) is 72.7 Å². The van der Waals surface area contributed by atoms with Crippen LogP contribution in [0.4, 0.5) is 0 Å². The lowest BCUT2D eigenvalue weighted by atomic mass is 10.4. The van der Waals surface area contributed by atoms with Gasteiger partial charge >= 0.3 is 0 Å². The summed E-state index contributed by atoms with van der Waals surface area (Å²) in [6, 6.07) is 19.0. The van der Waals surface area contributed by atoms with Crippen LogP contribution in [0.3, 0.4) is 0 Å². The zero-order valence-corrected chi connectivity index (χ0v) is 11.8. The van der Waals surface area contributed by atoms with E-state index < -0.39 is 7.14 Å². The topological polar surface area (TPSA) is 26.3 Å². The van der Waals surface area contributed by atoms with Crippen LogP contribution in [0.2, 0.25) is 0 Å². The minimum atomic E-state index is -2.76. The van der Waals surface area contributed by atoms with Crippen molar-refractivity contribution < 1.29 is 9.30 Å². The van der Waals surface area contributed by atoms with Gasteiger partial charge in [-0.25, -0.2) is 0 Å². The molecule has 0 saturated carbocycles. The van der Waals surface area contributed by atoms with Gasteiger partial charge in [0.1, 0.15) is 0 Å². The first-order chi connectivity index (χ1) is 9.27. The molecule has 0 aromatic heterocycles. The summed E-state index contributed by atoms with van der Waals surface area (Å²) >= 11 is 0. The van der Waals surface area contributed by atoms with Gasteiger partial charge in [0.05, 0.1) is 12.9 Å². The maximum absolute atomic E-state index is 13.3. The Morgan fingerprint density at radius 3 is 1.84 bits per heavy atom. The first kappa shape index (κ1) is 13.6. The molecule has 2 rings (SSSR count). The van der Waals surface area contributed by atoms with Crippen molar-refractivity contribution in [2.24, 2.45) is 0 Å². The Hall–Kier alpha value is -1.79. The normalized spacial score (nSPS) is 11.6. The quantitative estimate of drug-likeness (QED) is 0.615. The van der Waals surface area contributed by atoms with E-state index in [-0.39, 0.29) is 0 Å². The Kier molecular flexibility index (Phi) is 4.59. The molecule has 0 spiro atoms. The van der Waals surface area contributed by atoms with Crippen molar-refractivity contribution in [1.82, 2.24) is 0 Å². The van der Waals surface area contributed by atoms with Gasteiger partial charge in [-0.1, -0.05) is 60.7 Å². The fraction of sp³-hybridized carbons (Fsp3) is 0.125. The molecule has 0 heterocycles. The highest BCUT2D eigenvalue weighted by Crippen LogP contribution is 2.44. The van der Waals surface area contributed by atoms with Crippen LogP contribution in [0.1, 0.15) is 6.92 Å². The molecule has 0 amide bonds. The van der Waals surface area contributed by atoms with Gasteiger partial charge in [-0.2, -0.15) is 0 Å². The van der Waals surface area contributed by atoms with Crippen LogP contribution in [0, 0.1) is 0 Å². The predicted octanol–water partition coefficient (Wildman–Crippen LogP) is 3.51. The maximum Gasteiger partial charge on any atom is 0.167 e. The van der Waals surface area contributed by atoms with Gasteiger partial charge in [-0.3, -0.25) is 0 Å². The Bertz CT molecular complexity index is 533. The third kappa shape index (κ3) is 3.15. The van der Waals surface area contributed by atoms with E-state index >= 15 is 0 Å². The average Bonchev–Trinajstić information content (AvgIpc) is 2.49. The fourth-order valence-corrected chi connectivity index (χ4v) is 3.98. The van der Waals surface area contributed by atoms with Crippen LogP contribution < -0.4 is 10.6 Å². The summed E-state index contributed by atoms with van der Waals surface area (Å²) < 4.78 is 18.5. The Morgan fingerprint density at radius 2 is 1.42 bits per heavy atom. The van der Waals surface area contributed by atoms with Crippen LogP contribution in [-0.2, 0) is 9.30 Å². The highest BCUT2D eigenvalue weighted by molar-refractivity contribution is 7.81. The van der Waals surface area contributed by atoms with Gasteiger partial charge in [0, 0.05) is 16.4 Å². The third-order valence-corrected chi connectivity index (χ3v) is 5.49. The standard InChI is InChI=1S/C16H17O2P/c1-2-18-13-14-19(17,15-9-5-3-6-10-15)16-11-7-4-8-12-16/h3-14H,2H2,1H3/b14-13+. The van der Waals surface area contributed by atoms with Gasteiger partial charge in [0.2, 0.25) is 0 Å². The van der Waals surface area contributed by atoms with E-state index in [1.54, 1.807) is 12.1 Å². The molecule has 3 heteroatoms. The molecule has 2 aromatic rings. The molecule has 0 atom stereocenters. The third-order valence-electron chi connectivity index (χ3n) is 2.81. The number of ether oxygens (including phenoxy) is 1. The second-order valence-corrected chi connectivity index (χ2v) is 6.72. The van der Waals surface area contributed by atoms with E-state index in [9.17, 15) is 4.57 Å². The van der Waals surface area contributed by atoms with Gasteiger partial charge in [-0.05, 0) is 6.92 Å². The molecule has 0 N–H and O–H groups in total. The molecular formula is C16H17O2P. The molecule has 19 heavy (non-hydrogen) atoms. The Morgan fingerprint density at radius 1 is 0.947 bits per heavy atom. The molecule has 2 nitrogen and oxygen atoms in total. The smallest absolute Gasteiger partial charge is 0.167 e. The number of benzene rings is 2. The predicted molar refractivity (Wildman–Crippen MR) is 80.5 cm³/mol. The minimum absolute atomic E-state index is 0.570. The first-order valence-electron chi connectivity index (χ1n) is 6.27. The molecular weight excluding hydrogens is 255 g/mol. The molecule has 0 unspecified atom stereocenters. The van der Waals surface area contributed by atoms with E-state index in [2.05, 4.69) is 0 Å². The highest BCUT2D eigenvalue weighted by atomic mass is 31.2. The van der Waals surface area contributed by atoms with Crippen molar-refractivity contribution in [2.45, 2.75) is 6.92 Å². The van der Waals surface area contributed by atoms with E-state index in [1.165, 1.54) is 0 Å². The zero-order chi connectivity index (χ0) is 13.6. The lowest BCUT2D eigenvalue weighted by Crippen LogP contribution is -2.13. The van der Waals surface area contributed by atoms with Crippen molar-refractivity contribution in [3.05, 3.63) is 72.7 Å². The van der Waals surface area contributed by atoms with E-state index in [0.717, 1.165) is 10.6 Å². The van der Waals surface area contributed by atoms with Crippen LogP contribution in [0.5, 0.6) is 0 Å². The van der Waals surface area contributed by atoms with Crippen LogP contribution in [0.25, 0.3) is 0 Å². The van der Waals surface area contributed by atoms with E-state index in [1.807, 2.05) is 67.6 Å². The molecule has 0 aliphatic rings. The largest absolute Gasteiger partial charge is 0.501 e. The molecule has 0 fully saturated rings. The van der Waals surface area contributed by atoms with Crippen LogP contribution >= 0.6 is 7.14 Å². The fourth-order valence-electron chi connectivity index (χ4n) is 1.85. The van der Waals surface area contributed by atoms with Gasteiger partial charge in [0.25, 0.3) is 0 Å². The van der Waals surface area contributed by atoms with E-state index in [0.29, 0.717) is 6.61 Å². The van der Waals surface area contributed by atoms with Crippen molar-refractivity contribution in [1.29, 1.82) is 0 Å². The van der Waals surface area contributed by atoms with E-state index in [4.69, 9.17) is 4.74 Å². The van der Waals surface area contributed by atoms with Crippen LogP contribution in [-0.4, -0.2) is 6.61 Å². The molecule has 98 valence electrons. The van der Waals surface area contributed by atoms with Gasteiger partial charge in [0.15, 0.2) is 7.14 Å². The molecule has 0 radical (unpaired) electrons. The van der Waals surface area contributed by atoms with Gasteiger partial charge < -0.3 is 9.30 Å². The molecule has 0 saturated heterocycles. The Labute approximate surface area is 114 Å². The molecule has 0 bridgehead atoms. The number of hydrogen-bond acceptors (Lipinski definition) is 2. The summed E-state index contributed by atoms with van der Waals surface area (Å²) in [4.78, 5) is 0.